The van der Waals surface area contributed by atoms with Gasteiger partial charge >= 0.3 is 0 Å². The lowest BCUT2D eigenvalue weighted by atomic mass is 9.52. The van der Waals surface area contributed by atoms with Gasteiger partial charge in [-0.1, -0.05) is 6.07 Å². The van der Waals surface area contributed by atoms with E-state index in [1.807, 2.05) is 0 Å². The van der Waals surface area contributed by atoms with Crippen LogP contribution < -0.4 is 16.0 Å². The molecule has 3 aliphatic rings. The molecule has 3 aliphatic carbocycles. The number of carbonyl (C=O) groups is 4. The van der Waals surface area contributed by atoms with Crippen molar-refractivity contribution >= 4 is 34.6 Å². The smallest absolute Gasteiger partial charge is 0.230 e. The van der Waals surface area contributed by atoms with Crippen LogP contribution >= 0.6 is 0 Å². The third-order valence-corrected chi connectivity index (χ3v) is 9.27. The second-order valence-corrected chi connectivity index (χ2v) is 12.2. The average Bonchev–Trinajstić information content (AvgIpc) is 2.91. The number of benzene rings is 2. The maximum atomic E-state index is 14.1. The number of anilines is 2. The predicted octanol–water partition coefficient (Wildman–Crippen LogP) is -0.252. The standard InChI is InChI=1S/C30H36N4O9/c1-33(2)17-10-16(32-11-12-5-6-18(35)19(36)7-12)24(37)21-14(17)8-13-9-15-23(34(3)4)26(39)22(29(31)42)28(41)30(15,43)27(40)20(13)25(21)38/h5-7,10,13,15,20,22-23,26,32,35-37,39,43H,8-9,11H2,1-4H3,(H2,31,42)/t13-,15-,20?,22?,23-,26?,30-/m1/s1. The Bertz CT molecular complexity index is 1540. The van der Waals surface area contributed by atoms with Crippen LogP contribution in [0.2, 0.25) is 0 Å². The lowest BCUT2D eigenvalue weighted by Gasteiger charge is -2.55. The Morgan fingerprint density at radius 1 is 1.05 bits per heavy atom. The molecule has 0 radical (unpaired) electrons. The summed E-state index contributed by atoms with van der Waals surface area (Å²) in [5.41, 5.74) is 4.41. The lowest BCUT2D eigenvalue weighted by molar-refractivity contribution is -0.190. The molecule has 13 nitrogen and oxygen atoms in total. The molecule has 3 unspecified atom stereocenters. The van der Waals surface area contributed by atoms with Crippen molar-refractivity contribution in [3.63, 3.8) is 0 Å². The second-order valence-electron chi connectivity index (χ2n) is 12.2. The summed E-state index contributed by atoms with van der Waals surface area (Å²) in [4.78, 5) is 57.2. The number of amides is 1. The zero-order valence-corrected chi connectivity index (χ0v) is 24.2. The number of primary amides is 1. The summed E-state index contributed by atoms with van der Waals surface area (Å²) in [6.07, 6.45) is -1.37. The third-order valence-electron chi connectivity index (χ3n) is 9.27. The molecule has 1 amide bonds. The van der Waals surface area contributed by atoms with E-state index < -0.39 is 70.4 Å². The highest BCUT2D eigenvalue weighted by atomic mass is 16.3. The van der Waals surface area contributed by atoms with Gasteiger partial charge in [-0.3, -0.25) is 19.2 Å². The Labute approximate surface area is 247 Å². The first-order chi connectivity index (χ1) is 20.1. The minimum atomic E-state index is -2.74. The number of carbonyl (C=O) groups excluding carboxylic acids is 4. The number of aliphatic hydroxyl groups is 2. The number of phenolic OH excluding ortho intramolecular Hbond substituents is 3. The van der Waals surface area contributed by atoms with Gasteiger partial charge in [0.2, 0.25) is 5.91 Å². The number of nitrogens with two attached hydrogens (primary N) is 1. The maximum absolute atomic E-state index is 14.1. The van der Waals surface area contributed by atoms with Crippen molar-refractivity contribution in [1.82, 2.24) is 4.90 Å². The van der Waals surface area contributed by atoms with Crippen molar-refractivity contribution in [3.8, 4) is 17.2 Å². The number of nitrogens with zero attached hydrogens (tertiary/aromatic N) is 2. The quantitative estimate of drug-likeness (QED) is 0.170. The van der Waals surface area contributed by atoms with Crippen molar-refractivity contribution in [2.24, 2.45) is 29.4 Å². The number of nitrogens with one attached hydrogen (secondary N) is 1. The van der Waals surface area contributed by atoms with Crippen molar-refractivity contribution < 1.29 is 44.7 Å². The van der Waals surface area contributed by atoms with E-state index in [0.717, 1.165) is 0 Å². The zero-order chi connectivity index (χ0) is 31.7. The summed E-state index contributed by atoms with van der Waals surface area (Å²) in [5, 5.41) is 56.6. The van der Waals surface area contributed by atoms with Gasteiger partial charge in [-0.05, 0) is 62.2 Å². The van der Waals surface area contributed by atoms with E-state index in [-0.39, 0.29) is 42.1 Å². The fraction of sp³-hybridized carbons (Fsp3) is 0.467. The number of ketones is 3. The summed E-state index contributed by atoms with van der Waals surface area (Å²) in [6.45, 7) is 0.102. The number of phenols is 3. The fourth-order valence-electron chi connectivity index (χ4n) is 7.28. The molecular formula is C30H36N4O9. The van der Waals surface area contributed by atoms with Gasteiger partial charge in [0.25, 0.3) is 0 Å². The van der Waals surface area contributed by atoms with Gasteiger partial charge in [0, 0.05) is 38.3 Å². The molecule has 0 bridgehead atoms. The van der Waals surface area contributed by atoms with E-state index in [4.69, 9.17) is 5.73 Å². The van der Waals surface area contributed by atoms with Crippen LogP contribution in [0.4, 0.5) is 11.4 Å². The molecule has 0 heterocycles. The molecule has 0 aromatic heterocycles. The Hall–Kier alpha value is -4.20. The molecule has 43 heavy (non-hydrogen) atoms. The highest BCUT2D eigenvalue weighted by molar-refractivity contribution is 6.26. The zero-order valence-electron chi connectivity index (χ0n) is 24.2. The van der Waals surface area contributed by atoms with E-state index in [9.17, 15) is 44.7 Å². The summed E-state index contributed by atoms with van der Waals surface area (Å²) in [7, 11) is 6.71. The summed E-state index contributed by atoms with van der Waals surface area (Å²) in [6, 6.07) is 4.91. The summed E-state index contributed by atoms with van der Waals surface area (Å²) >= 11 is 0. The number of Topliss-reactive ketones (excluding diaryl/α,β-unsaturated/α-hetero) is 3. The van der Waals surface area contributed by atoms with Crippen molar-refractivity contribution in [1.29, 1.82) is 0 Å². The molecular weight excluding hydrogens is 560 g/mol. The first-order valence-electron chi connectivity index (χ1n) is 13.9. The normalized spacial score (nSPS) is 30.0. The maximum Gasteiger partial charge on any atom is 0.230 e. The van der Waals surface area contributed by atoms with Crippen LogP contribution in [0.25, 0.3) is 0 Å². The minimum Gasteiger partial charge on any atom is -0.505 e. The van der Waals surface area contributed by atoms with Crippen LogP contribution in [0.5, 0.6) is 17.2 Å². The van der Waals surface area contributed by atoms with Crippen LogP contribution in [-0.4, -0.2) is 99.6 Å². The van der Waals surface area contributed by atoms with Gasteiger partial charge in [0.05, 0.1) is 23.3 Å². The van der Waals surface area contributed by atoms with Crippen LogP contribution in [-0.2, 0) is 27.3 Å². The summed E-state index contributed by atoms with van der Waals surface area (Å²) in [5.74, 6) is -10.3. The van der Waals surface area contributed by atoms with Gasteiger partial charge in [-0.15, -0.1) is 0 Å². The average molecular weight is 597 g/mol. The molecule has 2 aromatic carbocycles. The monoisotopic (exact) mass is 596 g/mol. The minimum absolute atomic E-state index is 0.0210. The number of rotatable bonds is 6. The Kier molecular flexibility index (Phi) is 7.39. The lowest BCUT2D eigenvalue weighted by Crippen LogP contribution is -2.75. The Morgan fingerprint density at radius 3 is 2.30 bits per heavy atom. The third kappa shape index (κ3) is 4.50. The molecule has 7 atom stereocenters. The summed E-state index contributed by atoms with van der Waals surface area (Å²) < 4.78 is 0. The highest BCUT2D eigenvalue weighted by Crippen LogP contribution is 2.53. The molecule has 2 saturated carbocycles. The first-order valence-corrected chi connectivity index (χ1v) is 13.9. The Morgan fingerprint density at radius 2 is 1.72 bits per heavy atom. The number of hydrogen-bond acceptors (Lipinski definition) is 12. The largest absolute Gasteiger partial charge is 0.505 e. The van der Waals surface area contributed by atoms with E-state index >= 15 is 0 Å². The number of hydrogen-bond donors (Lipinski definition) is 7. The van der Waals surface area contributed by atoms with Gasteiger partial charge in [0.1, 0.15) is 11.7 Å². The van der Waals surface area contributed by atoms with E-state index in [1.165, 1.54) is 17.0 Å². The van der Waals surface area contributed by atoms with E-state index in [2.05, 4.69) is 5.32 Å². The van der Waals surface area contributed by atoms with Crippen LogP contribution in [0, 0.1) is 23.7 Å². The van der Waals surface area contributed by atoms with Gasteiger partial charge < -0.3 is 46.4 Å². The number of likely N-dealkylation sites (N-methyl/N-ethyl adjacent to an activating group) is 1. The molecule has 0 aliphatic heterocycles. The van der Waals surface area contributed by atoms with Gasteiger partial charge in [-0.25, -0.2) is 0 Å². The molecule has 5 rings (SSSR count). The fourth-order valence-corrected chi connectivity index (χ4v) is 7.28. The highest BCUT2D eigenvalue weighted by Gasteiger charge is 2.69. The second kappa shape index (κ2) is 10.5. The van der Waals surface area contributed by atoms with Crippen molar-refractivity contribution in [2.45, 2.75) is 37.1 Å². The topological polar surface area (TPSA) is 214 Å². The molecule has 8 N–H and O–H groups in total. The van der Waals surface area contributed by atoms with E-state index in [1.54, 1.807) is 45.2 Å². The van der Waals surface area contributed by atoms with Crippen LogP contribution in [0.15, 0.2) is 24.3 Å². The molecule has 0 spiro atoms. The molecule has 0 saturated heterocycles. The first kappa shape index (κ1) is 30.3. The predicted molar refractivity (Wildman–Crippen MR) is 154 cm³/mol. The number of aliphatic hydroxyl groups excluding tert-OH is 1. The van der Waals surface area contributed by atoms with Gasteiger partial charge in [-0.2, -0.15) is 0 Å². The van der Waals surface area contributed by atoms with Crippen molar-refractivity contribution in [3.05, 3.63) is 41.0 Å². The van der Waals surface area contributed by atoms with Crippen LogP contribution in [0.1, 0.15) is 27.9 Å². The molecule has 13 heteroatoms. The number of fused-ring (bicyclic) bond motifs is 3. The Balaban J connectivity index is 1.58. The van der Waals surface area contributed by atoms with Gasteiger partial charge in [0.15, 0.2) is 34.4 Å². The molecule has 2 fully saturated rings. The van der Waals surface area contributed by atoms with E-state index in [0.29, 0.717) is 16.8 Å². The van der Waals surface area contributed by atoms with Crippen molar-refractivity contribution in [2.75, 3.05) is 38.4 Å². The van der Waals surface area contributed by atoms with Crippen LogP contribution in [0.3, 0.4) is 0 Å². The number of aromatic hydroxyl groups is 3. The molecule has 2 aromatic rings. The molecule has 230 valence electrons. The SMILES string of the molecule is CN(C)c1cc(NCc2ccc(O)c(O)c2)c(O)c2c1C[C@@H]1C[C@@H]3[C@@H](N(C)C)C(O)C(C(N)=O)C(=O)[C@]3(O)C(=O)C1C2=O.